The first kappa shape index (κ1) is 13.5. The molecule has 104 valence electrons. The third-order valence-electron chi connectivity index (χ3n) is 3.38. The van der Waals surface area contributed by atoms with Crippen LogP contribution in [0.1, 0.15) is 23.2 Å². The number of nitrogens with two attached hydrogens (primary N) is 1. The molecule has 19 heavy (non-hydrogen) atoms. The maximum absolute atomic E-state index is 12.1. The van der Waals surface area contributed by atoms with Gasteiger partial charge in [0.1, 0.15) is 5.56 Å². The molecule has 0 aromatic carbocycles. The number of nitrogens with one attached hydrogen (secondary N) is 1. The van der Waals surface area contributed by atoms with Crippen LogP contribution in [0.2, 0.25) is 0 Å². The van der Waals surface area contributed by atoms with Crippen LogP contribution in [0.25, 0.3) is 0 Å². The minimum atomic E-state index is -0.239. The van der Waals surface area contributed by atoms with E-state index in [2.05, 4.69) is 27.2 Å². The van der Waals surface area contributed by atoms with E-state index in [1.165, 1.54) is 19.7 Å². The van der Waals surface area contributed by atoms with E-state index in [-0.39, 0.29) is 17.7 Å². The first-order valence-electron chi connectivity index (χ1n) is 6.26. The van der Waals surface area contributed by atoms with E-state index < -0.39 is 0 Å². The fourth-order valence-corrected chi connectivity index (χ4v) is 2.23. The molecule has 7 nitrogen and oxygen atoms in total. The van der Waals surface area contributed by atoms with Gasteiger partial charge in [-0.1, -0.05) is 0 Å². The van der Waals surface area contributed by atoms with Crippen LogP contribution in [0.3, 0.4) is 0 Å². The number of amides is 1. The molecule has 1 aliphatic rings. The van der Waals surface area contributed by atoms with Crippen LogP contribution in [0, 0.1) is 0 Å². The van der Waals surface area contributed by atoms with Gasteiger partial charge in [-0.25, -0.2) is 4.98 Å². The van der Waals surface area contributed by atoms with Gasteiger partial charge in [0.2, 0.25) is 11.8 Å². The Labute approximate surface area is 112 Å². The molecule has 0 saturated carbocycles. The molecule has 0 spiro atoms. The number of likely N-dealkylation sites (N-methyl/N-ethyl adjacent to an activating group) is 1. The molecule has 2 rings (SSSR count). The Kier molecular flexibility index (Phi) is 4.16. The van der Waals surface area contributed by atoms with Crippen LogP contribution in [-0.4, -0.2) is 54.1 Å². The third kappa shape index (κ3) is 3.11. The van der Waals surface area contributed by atoms with Gasteiger partial charge in [-0.3, -0.25) is 4.79 Å². The first-order chi connectivity index (χ1) is 9.11. The lowest BCUT2D eigenvalue weighted by Gasteiger charge is -2.19. The smallest absolute Gasteiger partial charge is 0.258 e. The summed E-state index contributed by atoms with van der Waals surface area (Å²) in [5.41, 5.74) is 5.76. The van der Waals surface area contributed by atoms with Gasteiger partial charge in [-0.05, 0) is 26.4 Å². The molecule has 1 aromatic rings. The van der Waals surface area contributed by atoms with Crippen molar-refractivity contribution >= 4 is 11.9 Å². The summed E-state index contributed by atoms with van der Waals surface area (Å²) in [7, 11) is 3.51. The molecule has 1 amide bonds. The first-order valence-corrected chi connectivity index (χ1v) is 6.26. The average molecular weight is 265 g/mol. The number of methoxy groups -OCH3 is 1. The Morgan fingerprint density at radius 1 is 1.68 bits per heavy atom. The summed E-state index contributed by atoms with van der Waals surface area (Å²) in [6.45, 7) is 1.69. The van der Waals surface area contributed by atoms with Crippen molar-refractivity contribution in [3.05, 3.63) is 11.8 Å². The van der Waals surface area contributed by atoms with Crippen molar-refractivity contribution < 1.29 is 9.53 Å². The van der Waals surface area contributed by atoms with Crippen LogP contribution in [0.5, 0.6) is 5.88 Å². The number of aromatic nitrogens is 2. The summed E-state index contributed by atoms with van der Waals surface area (Å²) in [5.74, 6) is 0.0471. The second-order valence-corrected chi connectivity index (χ2v) is 4.64. The highest BCUT2D eigenvalue weighted by molar-refractivity contribution is 5.96. The Hall–Kier alpha value is -1.89. The fourth-order valence-electron chi connectivity index (χ4n) is 2.23. The highest BCUT2D eigenvalue weighted by atomic mass is 16.5. The van der Waals surface area contributed by atoms with Gasteiger partial charge < -0.3 is 20.7 Å². The number of hydrogen-bond donors (Lipinski definition) is 2. The third-order valence-corrected chi connectivity index (χ3v) is 3.38. The van der Waals surface area contributed by atoms with Crippen molar-refractivity contribution in [3.63, 3.8) is 0 Å². The van der Waals surface area contributed by atoms with E-state index in [1.807, 2.05) is 0 Å². The summed E-state index contributed by atoms with van der Waals surface area (Å²) in [6.07, 6.45) is 3.66. The number of carbonyl (C=O) groups is 1. The number of anilines is 1. The van der Waals surface area contributed by atoms with E-state index in [4.69, 9.17) is 10.5 Å². The highest BCUT2D eigenvalue weighted by Crippen LogP contribution is 2.16. The van der Waals surface area contributed by atoms with Crippen molar-refractivity contribution in [1.82, 2.24) is 20.2 Å². The van der Waals surface area contributed by atoms with Crippen molar-refractivity contribution in [2.45, 2.75) is 18.9 Å². The number of nitrogens with zero attached hydrogens (tertiary/aromatic N) is 3. The van der Waals surface area contributed by atoms with Crippen molar-refractivity contribution in [3.8, 4) is 5.88 Å². The van der Waals surface area contributed by atoms with Crippen LogP contribution in [0.15, 0.2) is 6.20 Å². The summed E-state index contributed by atoms with van der Waals surface area (Å²) in [5, 5.41) is 2.88. The maximum Gasteiger partial charge on any atom is 0.258 e. The van der Waals surface area contributed by atoms with Gasteiger partial charge in [0.15, 0.2) is 0 Å². The normalized spacial score (nSPS) is 19.4. The molecule has 0 bridgehead atoms. The highest BCUT2D eigenvalue weighted by Gasteiger charge is 2.22. The number of ether oxygens (including phenoxy) is 1. The van der Waals surface area contributed by atoms with Gasteiger partial charge in [-0.2, -0.15) is 4.98 Å². The fraction of sp³-hybridized carbons (Fsp3) is 0.583. The molecule has 1 saturated heterocycles. The second kappa shape index (κ2) is 5.83. The number of hydrogen-bond acceptors (Lipinski definition) is 6. The maximum atomic E-state index is 12.1. The second-order valence-electron chi connectivity index (χ2n) is 4.64. The molecule has 3 N–H and O–H groups in total. The molecule has 7 heteroatoms. The Bertz CT molecular complexity index is 465. The molecule has 2 heterocycles. The Morgan fingerprint density at radius 2 is 2.47 bits per heavy atom. The van der Waals surface area contributed by atoms with E-state index in [0.29, 0.717) is 18.2 Å². The molecule has 1 fully saturated rings. The zero-order valence-corrected chi connectivity index (χ0v) is 11.2. The number of nitrogen functional groups attached to an aromatic ring is 1. The molecule has 1 aromatic heterocycles. The predicted octanol–water partition coefficient (Wildman–Crippen LogP) is -0.109. The van der Waals surface area contributed by atoms with Crippen molar-refractivity contribution in [1.29, 1.82) is 0 Å². The Balaban J connectivity index is 1.99. The number of carbonyl (C=O) groups excluding carboxylic acids is 1. The van der Waals surface area contributed by atoms with Crippen LogP contribution in [-0.2, 0) is 0 Å². The minimum absolute atomic E-state index is 0.0870. The van der Waals surface area contributed by atoms with Crippen molar-refractivity contribution in [2.24, 2.45) is 0 Å². The summed E-state index contributed by atoms with van der Waals surface area (Å²) >= 11 is 0. The van der Waals surface area contributed by atoms with E-state index >= 15 is 0 Å². The summed E-state index contributed by atoms with van der Waals surface area (Å²) < 4.78 is 5.04. The number of rotatable bonds is 4. The molecule has 0 unspecified atom stereocenters. The average Bonchev–Trinajstić information content (AvgIpc) is 2.81. The molecule has 0 radical (unpaired) electrons. The summed E-state index contributed by atoms with van der Waals surface area (Å²) in [4.78, 5) is 22.0. The SMILES string of the molecule is COc1nc(N)ncc1C(=O)NC[C@H]1CCCN1C. The zero-order chi connectivity index (χ0) is 13.8. The molecule has 1 atom stereocenters. The van der Waals surface area contributed by atoms with E-state index in [1.54, 1.807) is 0 Å². The zero-order valence-electron chi connectivity index (χ0n) is 11.2. The quantitative estimate of drug-likeness (QED) is 0.789. The largest absolute Gasteiger partial charge is 0.480 e. The lowest BCUT2D eigenvalue weighted by Crippen LogP contribution is -2.38. The molecular weight excluding hydrogens is 246 g/mol. The molecular formula is C12H19N5O2. The number of likely N-dealkylation sites (tertiary alicyclic amines) is 1. The van der Waals surface area contributed by atoms with E-state index in [9.17, 15) is 4.79 Å². The molecule has 0 aliphatic carbocycles. The van der Waals surface area contributed by atoms with Crippen LogP contribution >= 0.6 is 0 Å². The van der Waals surface area contributed by atoms with Gasteiger partial charge in [-0.15, -0.1) is 0 Å². The molecule has 1 aliphatic heterocycles. The van der Waals surface area contributed by atoms with Gasteiger partial charge in [0, 0.05) is 18.8 Å². The van der Waals surface area contributed by atoms with E-state index in [0.717, 1.165) is 13.0 Å². The lowest BCUT2D eigenvalue weighted by molar-refractivity contribution is 0.0939. The topological polar surface area (TPSA) is 93.4 Å². The van der Waals surface area contributed by atoms with Crippen molar-refractivity contribution in [2.75, 3.05) is 33.0 Å². The summed E-state index contributed by atoms with van der Waals surface area (Å²) in [6, 6.07) is 0.393. The Morgan fingerprint density at radius 3 is 3.11 bits per heavy atom. The van der Waals surface area contributed by atoms with Crippen LogP contribution in [0.4, 0.5) is 5.95 Å². The van der Waals surface area contributed by atoms with Gasteiger partial charge >= 0.3 is 0 Å². The van der Waals surface area contributed by atoms with Gasteiger partial charge in [0.05, 0.1) is 7.11 Å². The minimum Gasteiger partial charge on any atom is -0.480 e. The monoisotopic (exact) mass is 265 g/mol. The standard InChI is InChI=1S/C12H19N5O2/c1-17-5-3-4-8(17)6-14-10(18)9-7-15-12(13)16-11(9)19-2/h7-8H,3-6H2,1-2H3,(H,14,18)(H2,13,15,16)/t8-/m1/s1. The van der Waals surface area contributed by atoms with Gasteiger partial charge in [0.25, 0.3) is 5.91 Å². The predicted molar refractivity (Wildman–Crippen MR) is 71.0 cm³/mol. The van der Waals surface area contributed by atoms with Crippen LogP contribution < -0.4 is 15.8 Å². The lowest BCUT2D eigenvalue weighted by atomic mass is 10.2.